The standard InChI is InChI=1S/C11H13N5O2S/c17-9-8(10(18)15-11(19)14-9)6-12-2-1-4-16-5-3-13-7-16/h3,5-7H,1-2,4H2,(H3,14,15,17,18,19). The molecule has 2 aromatic heterocycles. The van der Waals surface area contributed by atoms with Gasteiger partial charge in [0.25, 0.3) is 5.56 Å². The van der Waals surface area contributed by atoms with Crippen molar-refractivity contribution in [2.75, 3.05) is 6.54 Å². The zero-order chi connectivity index (χ0) is 13.7. The van der Waals surface area contributed by atoms with Crippen LogP contribution in [0.2, 0.25) is 0 Å². The molecule has 100 valence electrons. The van der Waals surface area contributed by atoms with Crippen LogP contribution in [0.1, 0.15) is 12.0 Å². The van der Waals surface area contributed by atoms with Crippen molar-refractivity contribution in [3.05, 3.63) is 39.4 Å². The van der Waals surface area contributed by atoms with Gasteiger partial charge < -0.3 is 14.7 Å². The van der Waals surface area contributed by atoms with Gasteiger partial charge in [0, 0.05) is 31.7 Å². The molecule has 0 aromatic carbocycles. The van der Waals surface area contributed by atoms with Crippen molar-refractivity contribution < 1.29 is 5.11 Å². The number of aromatic amines is 2. The molecule has 3 N–H and O–H groups in total. The Labute approximate surface area is 113 Å². The summed E-state index contributed by atoms with van der Waals surface area (Å²) >= 11 is 4.72. The molecule has 0 saturated carbocycles. The molecule has 2 rings (SSSR count). The third kappa shape index (κ3) is 3.62. The molecule has 0 aliphatic heterocycles. The second-order valence-corrected chi connectivity index (χ2v) is 4.27. The SMILES string of the molecule is O=c1[nH]c(=S)[nH]c(O)c1C=NCCCn1ccnc1. The van der Waals surface area contributed by atoms with E-state index < -0.39 is 5.56 Å². The fraction of sp³-hybridized carbons (Fsp3) is 0.273. The predicted octanol–water partition coefficient (Wildman–Crippen LogP) is 0.844. The van der Waals surface area contributed by atoms with Gasteiger partial charge in [-0.2, -0.15) is 0 Å². The zero-order valence-electron chi connectivity index (χ0n) is 10.0. The smallest absolute Gasteiger partial charge is 0.264 e. The molecule has 0 fully saturated rings. The number of aromatic hydroxyl groups is 1. The lowest BCUT2D eigenvalue weighted by Gasteiger charge is -1.99. The summed E-state index contributed by atoms with van der Waals surface area (Å²) in [6, 6.07) is 0. The maximum atomic E-state index is 11.5. The van der Waals surface area contributed by atoms with Crippen molar-refractivity contribution in [2.24, 2.45) is 4.99 Å². The zero-order valence-corrected chi connectivity index (χ0v) is 10.9. The van der Waals surface area contributed by atoms with Crippen LogP contribution in [-0.4, -0.2) is 37.4 Å². The number of H-pyrrole nitrogens is 2. The summed E-state index contributed by atoms with van der Waals surface area (Å²) in [6.45, 7) is 1.35. The number of nitrogens with one attached hydrogen (secondary N) is 2. The van der Waals surface area contributed by atoms with Crippen LogP contribution in [0, 0.1) is 4.77 Å². The first kappa shape index (κ1) is 13.2. The van der Waals surface area contributed by atoms with Crippen LogP contribution in [0.4, 0.5) is 0 Å². The quantitative estimate of drug-likeness (QED) is 0.429. The molecule has 2 heterocycles. The lowest BCUT2D eigenvalue weighted by atomic mass is 10.3. The van der Waals surface area contributed by atoms with Crippen molar-refractivity contribution in [1.29, 1.82) is 0 Å². The number of nitrogens with zero attached hydrogens (tertiary/aromatic N) is 3. The van der Waals surface area contributed by atoms with Gasteiger partial charge in [-0.15, -0.1) is 0 Å². The first-order valence-corrected chi connectivity index (χ1v) is 6.09. The van der Waals surface area contributed by atoms with Crippen molar-refractivity contribution in [2.45, 2.75) is 13.0 Å². The molecule has 0 atom stereocenters. The van der Waals surface area contributed by atoms with E-state index in [4.69, 9.17) is 12.2 Å². The average molecular weight is 279 g/mol. The Hall–Kier alpha value is -2.22. The monoisotopic (exact) mass is 279 g/mol. The second kappa shape index (κ2) is 6.10. The Morgan fingerprint density at radius 2 is 2.37 bits per heavy atom. The normalized spacial score (nSPS) is 11.2. The minimum Gasteiger partial charge on any atom is -0.494 e. The molecule has 0 amide bonds. The van der Waals surface area contributed by atoms with Crippen LogP contribution in [0.5, 0.6) is 5.88 Å². The molecular weight excluding hydrogens is 266 g/mol. The third-order valence-corrected chi connectivity index (χ3v) is 2.65. The van der Waals surface area contributed by atoms with Gasteiger partial charge in [0.1, 0.15) is 5.56 Å². The molecule has 0 radical (unpaired) electrons. The molecule has 19 heavy (non-hydrogen) atoms. The number of aliphatic imine (C=N–C) groups is 1. The lowest BCUT2D eigenvalue weighted by Crippen LogP contribution is -2.13. The summed E-state index contributed by atoms with van der Waals surface area (Å²) in [5.41, 5.74) is -0.379. The van der Waals surface area contributed by atoms with Crippen LogP contribution >= 0.6 is 12.2 Å². The van der Waals surface area contributed by atoms with E-state index in [1.165, 1.54) is 6.21 Å². The van der Waals surface area contributed by atoms with E-state index in [1.807, 2.05) is 10.8 Å². The van der Waals surface area contributed by atoms with Crippen molar-refractivity contribution in [3.63, 3.8) is 0 Å². The van der Waals surface area contributed by atoms with Gasteiger partial charge in [-0.05, 0) is 18.6 Å². The van der Waals surface area contributed by atoms with Crippen molar-refractivity contribution in [1.82, 2.24) is 19.5 Å². The molecule has 0 bridgehead atoms. The summed E-state index contributed by atoms with van der Waals surface area (Å²) in [5.74, 6) is -0.271. The summed E-state index contributed by atoms with van der Waals surface area (Å²) < 4.78 is 2.03. The number of imidazole rings is 1. The van der Waals surface area contributed by atoms with Crippen molar-refractivity contribution in [3.8, 4) is 5.88 Å². The van der Waals surface area contributed by atoms with Crippen LogP contribution < -0.4 is 5.56 Å². The van der Waals surface area contributed by atoms with Crippen molar-refractivity contribution >= 4 is 18.4 Å². The minimum absolute atomic E-state index is 0.0798. The molecule has 7 nitrogen and oxygen atoms in total. The van der Waals surface area contributed by atoms with Crippen LogP contribution in [0.3, 0.4) is 0 Å². The summed E-state index contributed by atoms with van der Waals surface area (Å²) in [7, 11) is 0. The van der Waals surface area contributed by atoms with Crippen LogP contribution in [0.25, 0.3) is 0 Å². The van der Waals surface area contributed by atoms with Gasteiger partial charge >= 0.3 is 0 Å². The predicted molar refractivity (Wildman–Crippen MR) is 73.2 cm³/mol. The molecule has 0 unspecified atom stereocenters. The summed E-state index contributed by atoms with van der Waals surface area (Å²) in [5, 5.41) is 9.53. The Bertz CT molecular complexity index is 671. The summed E-state index contributed by atoms with van der Waals surface area (Å²) in [6.07, 6.45) is 7.48. The second-order valence-electron chi connectivity index (χ2n) is 3.86. The van der Waals surface area contributed by atoms with E-state index in [-0.39, 0.29) is 16.2 Å². The van der Waals surface area contributed by atoms with Crippen LogP contribution in [0.15, 0.2) is 28.5 Å². The van der Waals surface area contributed by atoms with Gasteiger partial charge in [0.2, 0.25) is 5.88 Å². The topological polar surface area (TPSA) is 99.1 Å². The number of aryl methyl sites for hydroxylation is 1. The highest BCUT2D eigenvalue weighted by atomic mass is 32.1. The highest BCUT2D eigenvalue weighted by Crippen LogP contribution is 2.03. The van der Waals surface area contributed by atoms with Gasteiger partial charge in [0.15, 0.2) is 4.77 Å². The Morgan fingerprint density at radius 3 is 3.05 bits per heavy atom. The first-order valence-electron chi connectivity index (χ1n) is 5.68. The third-order valence-electron chi connectivity index (χ3n) is 2.44. The van der Waals surface area contributed by atoms with E-state index in [2.05, 4.69) is 19.9 Å². The largest absolute Gasteiger partial charge is 0.494 e. The molecule has 2 aromatic rings. The molecule has 8 heteroatoms. The van der Waals surface area contributed by atoms with E-state index in [9.17, 15) is 9.90 Å². The highest BCUT2D eigenvalue weighted by Gasteiger charge is 2.03. The minimum atomic E-state index is -0.459. The molecule has 0 aliphatic carbocycles. The van der Waals surface area contributed by atoms with Gasteiger partial charge in [0.05, 0.1) is 6.33 Å². The fourth-order valence-electron chi connectivity index (χ4n) is 1.52. The number of hydrogen-bond acceptors (Lipinski definition) is 5. The molecule has 0 aliphatic rings. The van der Waals surface area contributed by atoms with Gasteiger partial charge in [-0.3, -0.25) is 14.8 Å². The maximum Gasteiger partial charge on any atom is 0.264 e. The number of hydrogen-bond donors (Lipinski definition) is 3. The van der Waals surface area contributed by atoms with Crippen LogP contribution in [-0.2, 0) is 6.54 Å². The Kier molecular flexibility index (Phi) is 4.24. The maximum absolute atomic E-state index is 11.5. The molecule has 0 spiro atoms. The lowest BCUT2D eigenvalue weighted by molar-refractivity contribution is 0.449. The van der Waals surface area contributed by atoms with Gasteiger partial charge in [-0.25, -0.2) is 4.98 Å². The van der Waals surface area contributed by atoms with E-state index >= 15 is 0 Å². The van der Waals surface area contributed by atoms with E-state index in [0.717, 1.165) is 13.0 Å². The number of aromatic nitrogens is 4. The number of rotatable bonds is 5. The molecule has 0 saturated heterocycles. The highest BCUT2D eigenvalue weighted by molar-refractivity contribution is 7.71. The average Bonchev–Trinajstić information content (AvgIpc) is 2.84. The Balaban J connectivity index is 1.92. The van der Waals surface area contributed by atoms with E-state index in [1.54, 1.807) is 12.5 Å². The molecular formula is C11H13N5O2S. The fourth-order valence-corrected chi connectivity index (χ4v) is 1.71. The summed E-state index contributed by atoms with van der Waals surface area (Å²) in [4.78, 5) is 24.4. The van der Waals surface area contributed by atoms with E-state index in [0.29, 0.717) is 6.54 Å². The van der Waals surface area contributed by atoms with Gasteiger partial charge in [-0.1, -0.05) is 0 Å². The first-order chi connectivity index (χ1) is 9.16. The Morgan fingerprint density at radius 1 is 1.53 bits per heavy atom.